The van der Waals surface area contributed by atoms with Crippen molar-refractivity contribution in [2.75, 3.05) is 19.4 Å². The number of benzene rings is 1. The van der Waals surface area contributed by atoms with Crippen molar-refractivity contribution in [2.45, 2.75) is 19.6 Å². The molecule has 0 aliphatic carbocycles. The number of ether oxygens (including phenoxy) is 1. The van der Waals surface area contributed by atoms with E-state index in [1.807, 2.05) is 30.6 Å². The van der Waals surface area contributed by atoms with Gasteiger partial charge in [0.15, 0.2) is 0 Å². The molecular weight excluding hydrogens is 240 g/mol. The van der Waals surface area contributed by atoms with Crippen LogP contribution in [-0.4, -0.2) is 28.1 Å². The molecule has 2 N–H and O–H groups in total. The number of nitrogens with zero attached hydrogens (tertiary/aromatic N) is 3. The van der Waals surface area contributed by atoms with Crippen LogP contribution in [0, 0.1) is 0 Å². The van der Waals surface area contributed by atoms with Crippen molar-refractivity contribution in [3.05, 3.63) is 42.0 Å². The summed E-state index contributed by atoms with van der Waals surface area (Å²) in [5.74, 6) is 2.01. The van der Waals surface area contributed by atoms with E-state index >= 15 is 0 Å². The van der Waals surface area contributed by atoms with E-state index in [9.17, 15) is 0 Å². The van der Waals surface area contributed by atoms with Crippen molar-refractivity contribution >= 4 is 5.69 Å². The number of hydrogen-bond donors (Lipinski definition) is 1. The Hall–Kier alpha value is -2.01. The molecule has 0 saturated heterocycles. The lowest BCUT2D eigenvalue weighted by Crippen LogP contribution is -2.33. The molecule has 3 rings (SSSR count). The van der Waals surface area contributed by atoms with Crippen molar-refractivity contribution in [3.8, 4) is 5.75 Å². The molecule has 0 saturated carbocycles. The fourth-order valence-electron chi connectivity index (χ4n) is 2.52. The predicted octanol–water partition coefficient (Wildman–Crippen LogP) is 1.49. The van der Waals surface area contributed by atoms with Gasteiger partial charge in [0.2, 0.25) is 0 Å². The average molecular weight is 258 g/mol. The van der Waals surface area contributed by atoms with E-state index < -0.39 is 0 Å². The quantitative estimate of drug-likeness (QED) is 0.847. The Balaban J connectivity index is 1.77. The zero-order valence-electron chi connectivity index (χ0n) is 11.0. The van der Waals surface area contributed by atoms with Gasteiger partial charge in [-0.3, -0.25) is 4.90 Å². The first kappa shape index (κ1) is 12.0. The van der Waals surface area contributed by atoms with Crippen LogP contribution in [0.3, 0.4) is 0 Å². The van der Waals surface area contributed by atoms with Crippen LogP contribution in [-0.2, 0) is 19.6 Å². The van der Waals surface area contributed by atoms with Crippen LogP contribution in [0.5, 0.6) is 5.75 Å². The molecule has 100 valence electrons. The second kappa shape index (κ2) is 4.93. The highest BCUT2D eigenvalue weighted by Gasteiger charge is 2.17. The Morgan fingerprint density at radius 3 is 3.11 bits per heavy atom. The Labute approximate surface area is 112 Å². The van der Waals surface area contributed by atoms with Crippen molar-refractivity contribution in [1.29, 1.82) is 0 Å². The predicted molar refractivity (Wildman–Crippen MR) is 73.7 cm³/mol. The Morgan fingerprint density at radius 1 is 1.37 bits per heavy atom. The number of anilines is 1. The highest BCUT2D eigenvalue weighted by molar-refractivity contribution is 5.47. The van der Waals surface area contributed by atoms with Crippen molar-refractivity contribution in [2.24, 2.45) is 0 Å². The van der Waals surface area contributed by atoms with Gasteiger partial charge >= 0.3 is 0 Å². The van der Waals surface area contributed by atoms with Gasteiger partial charge in [-0.05, 0) is 18.2 Å². The largest absolute Gasteiger partial charge is 0.496 e. The van der Waals surface area contributed by atoms with Crippen molar-refractivity contribution in [1.82, 2.24) is 14.5 Å². The van der Waals surface area contributed by atoms with Gasteiger partial charge in [-0.2, -0.15) is 0 Å². The normalized spacial score (nSPS) is 15.2. The molecule has 0 bridgehead atoms. The molecule has 5 nitrogen and oxygen atoms in total. The maximum absolute atomic E-state index is 5.86. The van der Waals surface area contributed by atoms with E-state index in [4.69, 9.17) is 10.5 Å². The first-order chi connectivity index (χ1) is 9.26. The summed E-state index contributed by atoms with van der Waals surface area (Å²) in [6.45, 7) is 3.70. The maximum atomic E-state index is 5.86. The fourth-order valence-corrected chi connectivity index (χ4v) is 2.52. The molecule has 19 heavy (non-hydrogen) atoms. The number of aromatic nitrogens is 2. The third kappa shape index (κ3) is 2.42. The zero-order valence-corrected chi connectivity index (χ0v) is 11.0. The summed E-state index contributed by atoms with van der Waals surface area (Å²) in [6.07, 6.45) is 3.90. The van der Waals surface area contributed by atoms with E-state index in [-0.39, 0.29) is 0 Å². The summed E-state index contributed by atoms with van der Waals surface area (Å²) in [5.41, 5.74) is 7.76. The van der Waals surface area contributed by atoms with E-state index in [1.54, 1.807) is 7.11 Å². The number of nitrogen functional groups attached to an aromatic ring is 1. The minimum atomic E-state index is 0.773. The molecule has 0 spiro atoms. The van der Waals surface area contributed by atoms with Gasteiger partial charge < -0.3 is 15.0 Å². The fraction of sp³-hybridized carbons (Fsp3) is 0.357. The highest BCUT2D eigenvalue weighted by Crippen LogP contribution is 2.24. The van der Waals surface area contributed by atoms with Gasteiger partial charge in [-0.1, -0.05) is 0 Å². The standard InChI is InChI=1S/C14H18N4O/c1-19-13-3-2-12(15)8-11(13)9-17-6-7-18-5-4-16-14(18)10-17/h2-5,8H,6-7,9-10,15H2,1H3. The van der Waals surface area contributed by atoms with Gasteiger partial charge in [0.25, 0.3) is 0 Å². The lowest BCUT2D eigenvalue weighted by Gasteiger charge is -2.28. The number of methoxy groups -OCH3 is 1. The second-order valence-corrected chi connectivity index (χ2v) is 4.82. The van der Waals surface area contributed by atoms with Gasteiger partial charge in [0, 0.05) is 43.3 Å². The summed E-state index contributed by atoms with van der Waals surface area (Å²) in [6, 6.07) is 5.78. The van der Waals surface area contributed by atoms with Gasteiger partial charge in [0.05, 0.1) is 13.7 Å². The molecule has 0 radical (unpaired) electrons. The van der Waals surface area contributed by atoms with Crippen LogP contribution in [0.2, 0.25) is 0 Å². The SMILES string of the molecule is COc1ccc(N)cc1CN1CCn2ccnc2C1. The number of nitrogens with two attached hydrogens (primary N) is 1. The molecule has 1 aromatic heterocycles. The minimum Gasteiger partial charge on any atom is -0.496 e. The first-order valence-electron chi connectivity index (χ1n) is 6.41. The third-order valence-electron chi connectivity index (χ3n) is 3.52. The van der Waals surface area contributed by atoms with E-state index in [1.165, 1.54) is 0 Å². The molecule has 1 aliphatic heterocycles. The monoisotopic (exact) mass is 258 g/mol. The molecular formula is C14H18N4O. The zero-order chi connectivity index (χ0) is 13.2. The van der Waals surface area contributed by atoms with Crippen LogP contribution in [0.25, 0.3) is 0 Å². The first-order valence-corrected chi connectivity index (χ1v) is 6.41. The average Bonchev–Trinajstić information content (AvgIpc) is 2.86. The maximum Gasteiger partial charge on any atom is 0.123 e. The molecule has 0 atom stereocenters. The lowest BCUT2D eigenvalue weighted by molar-refractivity contribution is 0.206. The number of imidazole rings is 1. The summed E-state index contributed by atoms with van der Waals surface area (Å²) in [7, 11) is 1.69. The third-order valence-corrected chi connectivity index (χ3v) is 3.52. The van der Waals surface area contributed by atoms with Crippen LogP contribution in [0.15, 0.2) is 30.6 Å². The molecule has 2 aromatic rings. The van der Waals surface area contributed by atoms with Gasteiger partial charge in [0.1, 0.15) is 11.6 Å². The number of rotatable bonds is 3. The highest BCUT2D eigenvalue weighted by atomic mass is 16.5. The van der Waals surface area contributed by atoms with Crippen LogP contribution in [0.4, 0.5) is 5.69 Å². The summed E-state index contributed by atoms with van der Waals surface area (Å²) < 4.78 is 7.59. The summed E-state index contributed by atoms with van der Waals surface area (Å²) >= 11 is 0. The van der Waals surface area contributed by atoms with E-state index in [2.05, 4.69) is 14.5 Å². The van der Waals surface area contributed by atoms with Crippen LogP contribution < -0.4 is 10.5 Å². The summed E-state index contributed by atoms with van der Waals surface area (Å²) in [5, 5.41) is 0. The Kier molecular flexibility index (Phi) is 3.13. The van der Waals surface area contributed by atoms with Gasteiger partial charge in [-0.25, -0.2) is 4.98 Å². The molecule has 0 amide bonds. The molecule has 1 aromatic carbocycles. The molecule has 0 fully saturated rings. The number of fused-ring (bicyclic) bond motifs is 1. The van der Waals surface area contributed by atoms with Crippen molar-refractivity contribution < 1.29 is 4.74 Å². The molecule has 1 aliphatic rings. The van der Waals surface area contributed by atoms with Gasteiger partial charge in [-0.15, -0.1) is 0 Å². The Morgan fingerprint density at radius 2 is 2.26 bits per heavy atom. The lowest BCUT2D eigenvalue weighted by atomic mass is 10.1. The molecule has 0 unspecified atom stereocenters. The topological polar surface area (TPSA) is 56.3 Å². The smallest absolute Gasteiger partial charge is 0.123 e. The molecule has 2 heterocycles. The van der Waals surface area contributed by atoms with Crippen LogP contribution in [0.1, 0.15) is 11.4 Å². The number of hydrogen-bond acceptors (Lipinski definition) is 4. The molecule has 5 heteroatoms. The Bertz CT molecular complexity index is 579. The van der Waals surface area contributed by atoms with Crippen molar-refractivity contribution in [3.63, 3.8) is 0 Å². The summed E-state index contributed by atoms with van der Waals surface area (Å²) in [4.78, 5) is 6.73. The van der Waals surface area contributed by atoms with E-state index in [0.717, 1.165) is 49.0 Å². The van der Waals surface area contributed by atoms with E-state index in [0.29, 0.717) is 0 Å². The van der Waals surface area contributed by atoms with Crippen LogP contribution >= 0.6 is 0 Å². The minimum absolute atomic E-state index is 0.773. The second-order valence-electron chi connectivity index (χ2n) is 4.82.